The van der Waals surface area contributed by atoms with E-state index < -0.39 is 0 Å². The Hall–Kier alpha value is -2.39. The molecule has 0 unspecified atom stereocenters. The molecule has 0 spiro atoms. The summed E-state index contributed by atoms with van der Waals surface area (Å²) >= 11 is 5.93. The molecule has 104 valence electrons. The van der Waals surface area contributed by atoms with Crippen LogP contribution in [0.4, 0.5) is 0 Å². The van der Waals surface area contributed by atoms with Crippen LogP contribution in [0.3, 0.4) is 0 Å². The van der Waals surface area contributed by atoms with Crippen LogP contribution in [-0.4, -0.2) is 15.6 Å². The molecule has 0 amide bonds. The third kappa shape index (κ3) is 3.20. The number of rotatable bonds is 4. The Labute approximate surface area is 127 Å². The van der Waals surface area contributed by atoms with Gasteiger partial charge in [0.05, 0.1) is 5.69 Å². The van der Waals surface area contributed by atoms with Crippen molar-refractivity contribution in [1.29, 1.82) is 0 Å². The smallest absolute Gasteiger partial charge is 0.187 e. The zero-order valence-corrected chi connectivity index (χ0v) is 12.0. The molecule has 0 aliphatic heterocycles. The second-order valence-corrected chi connectivity index (χ2v) is 5.15. The van der Waals surface area contributed by atoms with Crippen LogP contribution in [0.2, 0.25) is 5.02 Å². The lowest BCUT2D eigenvalue weighted by Crippen LogP contribution is -2.05. The number of benzene rings is 2. The van der Waals surface area contributed by atoms with Crippen molar-refractivity contribution in [3.63, 3.8) is 0 Å². The first kappa shape index (κ1) is 13.6. The van der Waals surface area contributed by atoms with Gasteiger partial charge in [0.25, 0.3) is 0 Å². The van der Waals surface area contributed by atoms with Gasteiger partial charge >= 0.3 is 0 Å². The maximum atomic E-state index is 12.3. The van der Waals surface area contributed by atoms with Gasteiger partial charge in [-0.2, -0.15) is 5.10 Å². The SMILES string of the molecule is O=C(Cc1cccc(Cl)c1)c1ccn(-c2ccccc2)n1. The van der Waals surface area contributed by atoms with Crippen LogP contribution in [-0.2, 0) is 6.42 Å². The fourth-order valence-corrected chi connectivity index (χ4v) is 2.33. The number of carbonyl (C=O) groups is 1. The van der Waals surface area contributed by atoms with E-state index in [2.05, 4.69) is 5.10 Å². The van der Waals surface area contributed by atoms with Crippen LogP contribution in [0, 0.1) is 0 Å². The van der Waals surface area contributed by atoms with E-state index in [1.807, 2.05) is 42.5 Å². The molecule has 0 fully saturated rings. The van der Waals surface area contributed by atoms with E-state index in [1.165, 1.54) is 0 Å². The minimum absolute atomic E-state index is 0.0213. The topological polar surface area (TPSA) is 34.9 Å². The average molecular weight is 297 g/mol. The molecule has 0 saturated heterocycles. The molecule has 3 aromatic rings. The predicted molar refractivity (Wildman–Crippen MR) is 83.1 cm³/mol. The zero-order valence-electron chi connectivity index (χ0n) is 11.2. The highest BCUT2D eigenvalue weighted by atomic mass is 35.5. The number of aromatic nitrogens is 2. The molecule has 0 bridgehead atoms. The second kappa shape index (κ2) is 5.94. The van der Waals surface area contributed by atoms with E-state index in [-0.39, 0.29) is 5.78 Å². The second-order valence-electron chi connectivity index (χ2n) is 4.71. The quantitative estimate of drug-likeness (QED) is 0.683. The Morgan fingerprint density at radius 1 is 1.05 bits per heavy atom. The molecule has 2 aromatic carbocycles. The molecule has 0 N–H and O–H groups in total. The third-order valence-electron chi connectivity index (χ3n) is 3.15. The highest BCUT2D eigenvalue weighted by Gasteiger charge is 2.11. The van der Waals surface area contributed by atoms with Crippen molar-refractivity contribution >= 4 is 17.4 Å². The average Bonchev–Trinajstić information content (AvgIpc) is 2.98. The number of carbonyl (C=O) groups excluding carboxylic acids is 1. The number of hydrogen-bond donors (Lipinski definition) is 0. The molecule has 1 aromatic heterocycles. The van der Waals surface area contributed by atoms with Gasteiger partial charge in [0.1, 0.15) is 5.69 Å². The van der Waals surface area contributed by atoms with Gasteiger partial charge in [-0.05, 0) is 35.9 Å². The van der Waals surface area contributed by atoms with Crippen LogP contribution in [0.25, 0.3) is 5.69 Å². The number of nitrogens with zero attached hydrogens (tertiary/aromatic N) is 2. The molecule has 0 saturated carbocycles. The number of hydrogen-bond acceptors (Lipinski definition) is 2. The monoisotopic (exact) mass is 296 g/mol. The summed E-state index contributed by atoms with van der Waals surface area (Å²) in [5.41, 5.74) is 2.28. The number of ketones is 1. The minimum atomic E-state index is -0.0213. The minimum Gasteiger partial charge on any atom is -0.292 e. The standard InChI is InChI=1S/C17H13ClN2O/c18-14-6-4-5-13(11-14)12-17(21)16-9-10-20(19-16)15-7-2-1-3-8-15/h1-11H,12H2. The zero-order chi connectivity index (χ0) is 14.7. The fourth-order valence-electron chi connectivity index (χ4n) is 2.12. The third-order valence-corrected chi connectivity index (χ3v) is 3.38. The van der Waals surface area contributed by atoms with Crippen molar-refractivity contribution in [3.8, 4) is 5.69 Å². The van der Waals surface area contributed by atoms with Crippen molar-refractivity contribution in [3.05, 3.63) is 83.1 Å². The molecule has 0 aliphatic rings. The number of halogens is 1. The first-order chi connectivity index (χ1) is 10.2. The summed E-state index contributed by atoms with van der Waals surface area (Å²) in [6.45, 7) is 0. The maximum Gasteiger partial charge on any atom is 0.187 e. The summed E-state index contributed by atoms with van der Waals surface area (Å²) in [4.78, 5) is 12.3. The first-order valence-electron chi connectivity index (χ1n) is 6.61. The normalized spacial score (nSPS) is 10.5. The summed E-state index contributed by atoms with van der Waals surface area (Å²) in [5, 5.41) is 4.97. The molecule has 21 heavy (non-hydrogen) atoms. The number of para-hydroxylation sites is 1. The van der Waals surface area contributed by atoms with Crippen molar-refractivity contribution in [2.45, 2.75) is 6.42 Å². The fraction of sp³-hybridized carbons (Fsp3) is 0.0588. The van der Waals surface area contributed by atoms with Crippen LogP contribution >= 0.6 is 11.6 Å². The van der Waals surface area contributed by atoms with Gasteiger partial charge in [-0.25, -0.2) is 4.68 Å². The van der Waals surface area contributed by atoms with E-state index in [4.69, 9.17) is 11.6 Å². The van der Waals surface area contributed by atoms with Gasteiger partial charge in [0.2, 0.25) is 0 Å². The van der Waals surface area contributed by atoms with E-state index in [0.29, 0.717) is 17.1 Å². The predicted octanol–water partition coefficient (Wildman–Crippen LogP) is 3.95. The van der Waals surface area contributed by atoms with E-state index in [0.717, 1.165) is 11.3 Å². The van der Waals surface area contributed by atoms with Gasteiger partial charge in [0, 0.05) is 17.6 Å². The summed E-state index contributed by atoms with van der Waals surface area (Å²) in [7, 11) is 0. The summed E-state index contributed by atoms with van der Waals surface area (Å²) < 4.78 is 1.70. The number of Topliss-reactive ketones (excluding diaryl/α,β-unsaturated/α-hetero) is 1. The lowest BCUT2D eigenvalue weighted by atomic mass is 10.1. The summed E-state index contributed by atoms with van der Waals surface area (Å²) in [6, 6.07) is 18.8. The Bertz CT molecular complexity index is 765. The molecule has 4 heteroatoms. The Morgan fingerprint density at radius 3 is 2.62 bits per heavy atom. The lowest BCUT2D eigenvalue weighted by molar-refractivity contribution is 0.0988. The van der Waals surface area contributed by atoms with Crippen LogP contribution in [0.5, 0.6) is 0 Å². The van der Waals surface area contributed by atoms with Gasteiger partial charge < -0.3 is 0 Å². The van der Waals surface area contributed by atoms with Crippen molar-refractivity contribution in [1.82, 2.24) is 9.78 Å². The lowest BCUT2D eigenvalue weighted by Gasteiger charge is -2.01. The van der Waals surface area contributed by atoms with Crippen LogP contribution in [0.15, 0.2) is 66.9 Å². The van der Waals surface area contributed by atoms with Gasteiger partial charge in [-0.15, -0.1) is 0 Å². The van der Waals surface area contributed by atoms with Gasteiger partial charge in [0.15, 0.2) is 5.78 Å². The molecular weight excluding hydrogens is 284 g/mol. The summed E-state index contributed by atoms with van der Waals surface area (Å²) in [6.07, 6.45) is 2.09. The summed E-state index contributed by atoms with van der Waals surface area (Å²) in [5.74, 6) is -0.0213. The molecule has 0 radical (unpaired) electrons. The molecule has 3 rings (SSSR count). The van der Waals surface area contributed by atoms with Crippen molar-refractivity contribution in [2.24, 2.45) is 0 Å². The highest BCUT2D eigenvalue weighted by molar-refractivity contribution is 6.30. The van der Waals surface area contributed by atoms with Gasteiger partial charge in [-0.1, -0.05) is 41.9 Å². The molecular formula is C17H13ClN2O. The molecule has 0 aliphatic carbocycles. The van der Waals surface area contributed by atoms with Gasteiger partial charge in [-0.3, -0.25) is 4.79 Å². The van der Waals surface area contributed by atoms with Crippen molar-refractivity contribution in [2.75, 3.05) is 0 Å². The Balaban J connectivity index is 1.78. The largest absolute Gasteiger partial charge is 0.292 e. The highest BCUT2D eigenvalue weighted by Crippen LogP contribution is 2.13. The van der Waals surface area contributed by atoms with E-state index in [1.54, 1.807) is 29.1 Å². The van der Waals surface area contributed by atoms with E-state index >= 15 is 0 Å². The Morgan fingerprint density at radius 2 is 1.86 bits per heavy atom. The maximum absolute atomic E-state index is 12.3. The first-order valence-corrected chi connectivity index (χ1v) is 6.99. The molecule has 1 heterocycles. The molecule has 3 nitrogen and oxygen atoms in total. The van der Waals surface area contributed by atoms with Crippen LogP contribution in [0.1, 0.15) is 16.1 Å². The Kier molecular flexibility index (Phi) is 3.84. The molecule has 0 atom stereocenters. The van der Waals surface area contributed by atoms with E-state index in [9.17, 15) is 4.79 Å². The van der Waals surface area contributed by atoms with Crippen LogP contribution < -0.4 is 0 Å². The van der Waals surface area contributed by atoms with Crippen molar-refractivity contribution < 1.29 is 4.79 Å².